The minimum absolute atomic E-state index is 0.216. The summed E-state index contributed by atoms with van der Waals surface area (Å²) in [5, 5.41) is 2.85. The van der Waals surface area contributed by atoms with Crippen LogP contribution in [0.4, 0.5) is 10.3 Å². The van der Waals surface area contributed by atoms with Crippen LogP contribution < -0.4 is 10.2 Å². The summed E-state index contributed by atoms with van der Waals surface area (Å²) in [5.74, 6) is 0.320. The number of anilines is 1. The number of amides is 1. The Hall–Kier alpha value is -2.50. The molecule has 2 aromatic rings. The lowest BCUT2D eigenvalue weighted by Crippen LogP contribution is -2.27. The van der Waals surface area contributed by atoms with Crippen molar-refractivity contribution < 1.29 is 9.18 Å². The van der Waals surface area contributed by atoms with E-state index in [1.807, 2.05) is 0 Å². The van der Waals surface area contributed by atoms with Crippen LogP contribution in [0.25, 0.3) is 0 Å². The molecule has 0 aliphatic carbocycles. The quantitative estimate of drug-likeness (QED) is 0.906. The molecule has 0 atom stereocenters. The van der Waals surface area contributed by atoms with Gasteiger partial charge in [-0.05, 0) is 42.5 Å². The Balaban J connectivity index is 1.77. The van der Waals surface area contributed by atoms with E-state index in [0.29, 0.717) is 18.2 Å². The van der Waals surface area contributed by atoms with E-state index in [9.17, 15) is 9.18 Å². The van der Waals surface area contributed by atoms with Crippen LogP contribution in [0.3, 0.4) is 0 Å². The van der Waals surface area contributed by atoms with Crippen molar-refractivity contribution in [1.29, 1.82) is 0 Å². The second kappa shape index (κ2) is 7.59. The van der Waals surface area contributed by atoms with Gasteiger partial charge in [-0.3, -0.25) is 4.79 Å². The van der Waals surface area contributed by atoms with Gasteiger partial charge < -0.3 is 10.2 Å². The molecule has 1 aliphatic heterocycles. The van der Waals surface area contributed by atoms with Gasteiger partial charge in [-0.15, -0.1) is 0 Å². The highest BCUT2D eigenvalue weighted by Gasteiger charge is 2.19. The summed E-state index contributed by atoms with van der Waals surface area (Å²) < 4.78 is 13.0. The SMILES string of the molecule is CC(C)c1cc(C(=O)NCc2ccc(F)cc2)nc(N2CCCC2)n1. The zero-order chi connectivity index (χ0) is 17.8. The Morgan fingerprint density at radius 1 is 1.20 bits per heavy atom. The van der Waals surface area contributed by atoms with Gasteiger partial charge in [-0.25, -0.2) is 14.4 Å². The largest absolute Gasteiger partial charge is 0.347 e. The van der Waals surface area contributed by atoms with E-state index in [1.54, 1.807) is 18.2 Å². The fourth-order valence-electron chi connectivity index (χ4n) is 2.80. The van der Waals surface area contributed by atoms with E-state index in [0.717, 1.165) is 37.2 Å². The van der Waals surface area contributed by atoms with E-state index in [2.05, 4.69) is 34.0 Å². The normalized spacial score (nSPS) is 14.2. The van der Waals surface area contributed by atoms with Crippen LogP contribution in [0.15, 0.2) is 30.3 Å². The van der Waals surface area contributed by atoms with Crippen molar-refractivity contribution in [3.63, 3.8) is 0 Å². The molecule has 0 bridgehead atoms. The Bertz CT molecular complexity index is 740. The number of rotatable bonds is 5. The second-order valence-electron chi connectivity index (χ2n) is 6.64. The second-order valence-corrected chi connectivity index (χ2v) is 6.64. The molecule has 1 aromatic heterocycles. The molecule has 25 heavy (non-hydrogen) atoms. The molecule has 2 heterocycles. The highest BCUT2D eigenvalue weighted by Crippen LogP contribution is 2.20. The molecule has 1 aliphatic rings. The van der Waals surface area contributed by atoms with Crippen molar-refractivity contribution in [2.75, 3.05) is 18.0 Å². The van der Waals surface area contributed by atoms with Gasteiger partial charge in [-0.1, -0.05) is 26.0 Å². The van der Waals surface area contributed by atoms with Crippen LogP contribution in [0.5, 0.6) is 0 Å². The summed E-state index contributed by atoms with van der Waals surface area (Å²) in [7, 11) is 0. The molecule has 1 amide bonds. The highest BCUT2D eigenvalue weighted by molar-refractivity contribution is 5.92. The fourth-order valence-corrected chi connectivity index (χ4v) is 2.80. The number of halogens is 1. The molecule has 0 unspecified atom stereocenters. The molecule has 1 fully saturated rings. The van der Waals surface area contributed by atoms with Gasteiger partial charge in [0, 0.05) is 25.3 Å². The average Bonchev–Trinajstić information content (AvgIpc) is 3.15. The van der Waals surface area contributed by atoms with Crippen LogP contribution in [0, 0.1) is 5.82 Å². The molecule has 0 saturated carbocycles. The Labute approximate surface area is 147 Å². The van der Waals surface area contributed by atoms with Gasteiger partial charge in [0.05, 0.1) is 0 Å². The minimum Gasteiger partial charge on any atom is -0.347 e. The number of aromatic nitrogens is 2. The summed E-state index contributed by atoms with van der Waals surface area (Å²) in [4.78, 5) is 23.7. The molecule has 1 saturated heterocycles. The molecule has 6 heteroatoms. The molecule has 0 spiro atoms. The molecule has 132 valence electrons. The lowest BCUT2D eigenvalue weighted by atomic mass is 10.1. The number of nitrogens with zero attached hydrogens (tertiary/aromatic N) is 3. The van der Waals surface area contributed by atoms with Crippen molar-refractivity contribution >= 4 is 11.9 Å². The lowest BCUT2D eigenvalue weighted by Gasteiger charge is -2.18. The maximum Gasteiger partial charge on any atom is 0.270 e. The van der Waals surface area contributed by atoms with Crippen LogP contribution >= 0.6 is 0 Å². The van der Waals surface area contributed by atoms with Gasteiger partial charge in [0.15, 0.2) is 0 Å². The Morgan fingerprint density at radius 3 is 2.52 bits per heavy atom. The van der Waals surface area contributed by atoms with E-state index in [4.69, 9.17) is 0 Å². The minimum atomic E-state index is -0.289. The van der Waals surface area contributed by atoms with Crippen LogP contribution in [-0.4, -0.2) is 29.0 Å². The number of benzene rings is 1. The van der Waals surface area contributed by atoms with Gasteiger partial charge in [0.2, 0.25) is 5.95 Å². The van der Waals surface area contributed by atoms with E-state index >= 15 is 0 Å². The van der Waals surface area contributed by atoms with Crippen molar-refractivity contribution in [2.24, 2.45) is 0 Å². The smallest absolute Gasteiger partial charge is 0.270 e. The van der Waals surface area contributed by atoms with Crippen molar-refractivity contribution in [1.82, 2.24) is 15.3 Å². The first-order valence-corrected chi connectivity index (χ1v) is 8.69. The van der Waals surface area contributed by atoms with Crippen LogP contribution in [0.1, 0.15) is 54.4 Å². The zero-order valence-corrected chi connectivity index (χ0v) is 14.6. The Morgan fingerprint density at radius 2 is 1.88 bits per heavy atom. The van der Waals surface area contributed by atoms with Crippen LogP contribution in [0.2, 0.25) is 0 Å². The van der Waals surface area contributed by atoms with Gasteiger partial charge in [0.25, 0.3) is 5.91 Å². The van der Waals surface area contributed by atoms with E-state index in [1.165, 1.54) is 12.1 Å². The molecular formula is C19H23FN4O. The zero-order valence-electron chi connectivity index (χ0n) is 14.6. The van der Waals surface area contributed by atoms with Crippen molar-refractivity contribution in [3.8, 4) is 0 Å². The fraction of sp³-hybridized carbons (Fsp3) is 0.421. The standard InChI is InChI=1S/C19H23FN4O/c1-13(2)16-11-17(23-19(22-16)24-9-3-4-10-24)18(25)21-12-14-5-7-15(20)8-6-14/h5-8,11,13H,3-4,9-10,12H2,1-2H3,(H,21,25). The monoisotopic (exact) mass is 342 g/mol. The first-order valence-electron chi connectivity index (χ1n) is 8.69. The lowest BCUT2D eigenvalue weighted by molar-refractivity contribution is 0.0945. The van der Waals surface area contributed by atoms with Crippen molar-refractivity contribution in [3.05, 3.63) is 53.1 Å². The maximum atomic E-state index is 13.0. The third kappa shape index (κ3) is 4.32. The summed E-state index contributed by atoms with van der Waals surface area (Å²) in [6, 6.07) is 7.84. The first-order chi connectivity index (χ1) is 12.0. The summed E-state index contributed by atoms with van der Waals surface area (Å²) >= 11 is 0. The number of nitrogens with one attached hydrogen (secondary N) is 1. The van der Waals surface area contributed by atoms with Gasteiger partial charge >= 0.3 is 0 Å². The topological polar surface area (TPSA) is 58.1 Å². The van der Waals surface area contributed by atoms with E-state index < -0.39 is 0 Å². The summed E-state index contributed by atoms with van der Waals surface area (Å²) in [6.07, 6.45) is 2.25. The van der Waals surface area contributed by atoms with E-state index in [-0.39, 0.29) is 17.6 Å². The molecule has 3 rings (SSSR count). The molecule has 5 nitrogen and oxygen atoms in total. The molecule has 0 radical (unpaired) electrons. The molecule has 1 aromatic carbocycles. The number of hydrogen-bond donors (Lipinski definition) is 1. The predicted molar refractivity (Wildman–Crippen MR) is 95.1 cm³/mol. The summed E-state index contributed by atoms with van der Waals surface area (Å²) in [5.41, 5.74) is 2.08. The molecular weight excluding hydrogens is 319 g/mol. The van der Waals surface area contributed by atoms with Crippen LogP contribution in [-0.2, 0) is 6.54 Å². The first kappa shape index (κ1) is 17.3. The number of carbonyl (C=O) groups excluding carboxylic acids is 1. The highest BCUT2D eigenvalue weighted by atomic mass is 19.1. The third-order valence-electron chi connectivity index (χ3n) is 4.31. The maximum absolute atomic E-state index is 13.0. The van der Waals surface area contributed by atoms with Crippen molar-refractivity contribution in [2.45, 2.75) is 39.2 Å². The number of carbonyl (C=O) groups is 1. The Kier molecular flexibility index (Phi) is 5.26. The third-order valence-corrected chi connectivity index (χ3v) is 4.31. The average molecular weight is 342 g/mol. The number of hydrogen-bond acceptors (Lipinski definition) is 4. The van der Waals surface area contributed by atoms with Gasteiger partial charge in [0.1, 0.15) is 11.5 Å². The van der Waals surface area contributed by atoms with Gasteiger partial charge in [-0.2, -0.15) is 0 Å². The molecule has 1 N–H and O–H groups in total. The predicted octanol–water partition coefficient (Wildman–Crippen LogP) is 3.27. The summed E-state index contributed by atoms with van der Waals surface area (Å²) in [6.45, 7) is 6.29.